The number of aliphatic hydroxyl groups excluding tert-OH is 2. The molecule has 0 saturated carbocycles. The minimum absolute atomic E-state index is 0.0667. The SMILES string of the molecule is CC(O)C(=O)OC(C)C(=O)OCC(=O)OCC(=O)OCCCOC(=O)OCCCCCCOC(=O)OCCCOC(=O)COC(=O)COC(=O)C(C)OC(=O)C(C)O. The molecule has 0 aliphatic heterocycles. The molecular formula is C34H50O24. The molecule has 0 aliphatic rings. The van der Waals surface area contributed by atoms with E-state index in [1.54, 1.807) is 0 Å². The van der Waals surface area contributed by atoms with Gasteiger partial charge in [0.05, 0.1) is 39.6 Å². The summed E-state index contributed by atoms with van der Waals surface area (Å²) in [6.45, 7) is 0.844. The zero-order valence-corrected chi connectivity index (χ0v) is 32.5. The van der Waals surface area contributed by atoms with Gasteiger partial charge in [0.1, 0.15) is 12.2 Å². The molecule has 0 fully saturated rings. The highest BCUT2D eigenvalue weighted by Crippen LogP contribution is 2.04. The van der Waals surface area contributed by atoms with Gasteiger partial charge >= 0.3 is 60.1 Å². The van der Waals surface area contributed by atoms with Crippen molar-refractivity contribution in [1.82, 2.24) is 0 Å². The summed E-state index contributed by atoms with van der Waals surface area (Å²) >= 11 is 0. The van der Waals surface area contributed by atoms with Crippen molar-refractivity contribution < 1.29 is 115 Å². The van der Waals surface area contributed by atoms with Crippen molar-refractivity contribution in [2.45, 2.75) is 90.6 Å². The number of aliphatic hydroxyl groups is 2. The van der Waals surface area contributed by atoms with Gasteiger partial charge in [-0.1, -0.05) is 0 Å². The van der Waals surface area contributed by atoms with E-state index in [0.29, 0.717) is 25.7 Å². The van der Waals surface area contributed by atoms with Crippen LogP contribution in [0.1, 0.15) is 66.2 Å². The third-order valence-corrected chi connectivity index (χ3v) is 6.32. The summed E-state index contributed by atoms with van der Waals surface area (Å²) in [4.78, 5) is 116. The maximum atomic E-state index is 11.7. The fourth-order valence-corrected chi connectivity index (χ4v) is 3.33. The van der Waals surface area contributed by atoms with E-state index in [1.807, 2.05) is 0 Å². The highest BCUT2D eigenvalue weighted by Gasteiger charge is 2.24. The summed E-state index contributed by atoms with van der Waals surface area (Å²) in [6, 6.07) is 0. The fourth-order valence-electron chi connectivity index (χ4n) is 3.33. The maximum Gasteiger partial charge on any atom is 0.508 e. The topological polar surface area (TPSA) is 322 Å². The Morgan fingerprint density at radius 2 is 0.621 bits per heavy atom. The van der Waals surface area contributed by atoms with Crippen LogP contribution < -0.4 is 0 Å². The summed E-state index contributed by atoms with van der Waals surface area (Å²) in [7, 11) is 0. The summed E-state index contributed by atoms with van der Waals surface area (Å²) in [5, 5.41) is 18.1. The largest absolute Gasteiger partial charge is 0.508 e. The molecule has 58 heavy (non-hydrogen) atoms. The van der Waals surface area contributed by atoms with Crippen molar-refractivity contribution >= 4 is 60.1 Å². The van der Waals surface area contributed by atoms with Gasteiger partial charge in [-0.05, 0) is 53.4 Å². The summed E-state index contributed by atoms with van der Waals surface area (Å²) in [5.74, 6) is -8.26. The zero-order chi connectivity index (χ0) is 43.9. The Morgan fingerprint density at radius 3 is 0.948 bits per heavy atom. The molecule has 0 bridgehead atoms. The first-order valence-corrected chi connectivity index (χ1v) is 17.7. The van der Waals surface area contributed by atoms with Crippen LogP contribution in [-0.2, 0) is 95.2 Å². The molecule has 4 atom stereocenters. The first-order chi connectivity index (χ1) is 27.4. The van der Waals surface area contributed by atoms with E-state index >= 15 is 0 Å². The number of esters is 8. The van der Waals surface area contributed by atoms with Crippen LogP contribution >= 0.6 is 0 Å². The van der Waals surface area contributed by atoms with Crippen LogP contribution in [0.15, 0.2) is 0 Å². The lowest BCUT2D eigenvalue weighted by atomic mass is 10.2. The third kappa shape index (κ3) is 28.6. The van der Waals surface area contributed by atoms with Gasteiger partial charge in [0.2, 0.25) is 0 Å². The lowest BCUT2D eigenvalue weighted by Gasteiger charge is -2.13. The maximum absolute atomic E-state index is 11.7. The predicted molar refractivity (Wildman–Crippen MR) is 183 cm³/mol. The van der Waals surface area contributed by atoms with Gasteiger partial charge in [-0.3, -0.25) is 0 Å². The zero-order valence-electron chi connectivity index (χ0n) is 32.5. The molecule has 0 rings (SSSR count). The minimum atomic E-state index is -1.46. The molecule has 0 saturated heterocycles. The normalized spacial score (nSPS) is 12.4. The van der Waals surface area contributed by atoms with Crippen LogP contribution in [-0.4, -0.2) is 161 Å². The second-order valence-corrected chi connectivity index (χ2v) is 11.5. The van der Waals surface area contributed by atoms with Crippen LogP contribution in [0.4, 0.5) is 9.59 Å². The van der Waals surface area contributed by atoms with Crippen molar-refractivity contribution in [3.63, 3.8) is 0 Å². The van der Waals surface area contributed by atoms with Gasteiger partial charge in [-0.15, -0.1) is 0 Å². The summed E-state index contributed by atoms with van der Waals surface area (Å²) in [6.07, 6.45) is -5.05. The van der Waals surface area contributed by atoms with Crippen molar-refractivity contribution in [1.29, 1.82) is 0 Å². The van der Waals surface area contributed by atoms with E-state index < -0.39 is 111 Å². The third-order valence-electron chi connectivity index (χ3n) is 6.32. The molecule has 24 nitrogen and oxygen atoms in total. The van der Waals surface area contributed by atoms with Crippen LogP contribution in [0.3, 0.4) is 0 Å². The molecule has 0 spiro atoms. The molecule has 0 aromatic heterocycles. The molecule has 0 aromatic carbocycles. The lowest BCUT2D eigenvalue weighted by molar-refractivity contribution is -0.175. The Bertz CT molecular complexity index is 1240. The second kappa shape index (κ2) is 31.3. The quantitative estimate of drug-likeness (QED) is 0.0545. The average molecular weight is 843 g/mol. The van der Waals surface area contributed by atoms with E-state index in [9.17, 15) is 47.9 Å². The van der Waals surface area contributed by atoms with Crippen LogP contribution in [0.25, 0.3) is 0 Å². The smallest absolute Gasteiger partial charge is 0.463 e. The Hall–Kier alpha value is -5.78. The summed E-state index contributed by atoms with van der Waals surface area (Å²) < 4.78 is 56.7. The number of ether oxygens (including phenoxy) is 12. The van der Waals surface area contributed by atoms with E-state index in [0.717, 1.165) is 13.8 Å². The number of unbranched alkanes of at least 4 members (excludes halogenated alkanes) is 3. The predicted octanol–water partition coefficient (Wildman–Crippen LogP) is -0.482. The molecule has 0 heterocycles. The van der Waals surface area contributed by atoms with Crippen molar-refractivity contribution in [3.05, 3.63) is 0 Å². The molecule has 330 valence electrons. The number of carbonyl (C=O) groups excluding carboxylic acids is 10. The van der Waals surface area contributed by atoms with Crippen molar-refractivity contribution in [3.8, 4) is 0 Å². The molecule has 24 heteroatoms. The van der Waals surface area contributed by atoms with Crippen LogP contribution in [0.2, 0.25) is 0 Å². The summed E-state index contributed by atoms with van der Waals surface area (Å²) in [5.41, 5.74) is 0. The molecular weight excluding hydrogens is 792 g/mol. The molecule has 0 aromatic rings. The molecule has 2 N–H and O–H groups in total. The average Bonchev–Trinajstić information content (AvgIpc) is 3.17. The van der Waals surface area contributed by atoms with Gasteiger partial charge in [-0.25, -0.2) is 47.9 Å². The Morgan fingerprint density at radius 1 is 0.345 bits per heavy atom. The second-order valence-electron chi connectivity index (χ2n) is 11.5. The van der Waals surface area contributed by atoms with Crippen molar-refractivity contribution in [2.24, 2.45) is 0 Å². The van der Waals surface area contributed by atoms with E-state index in [-0.39, 0.29) is 52.5 Å². The van der Waals surface area contributed by atoms with Crippen molar-refractivity contribution in [2.75, 3.05) is 66.1 Å². The van der Waals surface area contributed by atoms with E-state index in [2.05, 4.69) is 28.4 Å². The number of rotatable bonds is 29. The Labute approximate surface area is 331 Å². The molecule has 0 amide bonds. The van der Waals surface area contributed by atoms with Gasteiger partial charge < -0.3 is 67.1 Å². The molecule has 0 aliphatic carbocycles. The highest BCUT2D eigenvalue weighted by atomic mass is 16.7. The van der Waals surface area contributed by atoms with Gasteiger partial charge in [0.15, 0.2) is 38.6 Å². The highest BCUT2D eigenvalue weighted by molar-refractivity contribution is 5.84. The number of carbonyl (C=O) groups is 10. The monoisotopic (exact) mass is 842 g/mol. The van der Waals surface area contributed by atoms with E-state index in [1.165, 1.54) is 13.8 Å². The first kappa shape index (κ1) is 52.2. The lowest BCUT2D eigenvalue weighted by Crippen LogP contribution is -2.32. The minimum Gasteiger partial charge on any atom is -0.463 e. The fraction of sp³-hybridized carbons (Fsp3) is 0.706. The number of hydrogen-bond donors (Lipinski definition) is 2. The Balaban J connectivity index is 3.71. The standard InChI is InChI=1S/C34H50O24/c1-21(35)29(41)57-23(3)31(43)55-19-27(39)53-17-25(37)47-13-9-15-51-33(45)49-11-7-5-6-8-12-50-34(46)52-16-10-14-48-26(38)18-54-28(40)20-56-32(44)24(4)58-30(42)22(2)36/h21-24,35-36H,5-20H2,1-4H3. The first-order valence-electron chi connectivity index (χ1n) is 17.7. The van der Waals surface area contributed by atoms with Crippen LogP contribution in [0, 0.1) is 0 Å². The van der Waals surface area contributed by atoms with Gasteiger partial charge in [-0.2, -0.15) is 0 Å². The van der Waals surface area contributed by atoms with Gasteiger partial charge in [0.25, 0.3) is 0 Å². The van der Waals surface area contributed by atoms with E-state index in [4.69, 9.17) is 38.6 Å². The molecule has 0 radical (unpaired) electrons. The number of hydrogen-bond acceptors (Lipinski definition) is 24. The van der Waals surface area contributed by atoms with Crippen LogP contribution in [0.5, 0.6) is 0 Å². The van der Waals surface area contributed by atoms with Gasteiger partial charge in [0, 0.05) is 12.8 Å². The molecule has 4 unspecified atom stereocenters. The Kier molecular flexibility index (Phi) is 28.2.